The number of hydrogen-bond donors (Lipinski definition) is 1. The van der Waals surface area contributed by atoms with Gasteiger partial charge in [-0.2, -0.15) is 0 Å². The highest BCUT2D eigenvalue weighted by Crippen LogP contribution is 2.52. The first-order valence-corrected chi connectivity index (χ1v) is 6.99. The number of nitrogens with zero attached hydrogens (tertiary/aromatic N) is 1. The highest BCUT2D eigenvalue weighted by atomic mass is 79.9. The van der Waals surface area contributed by atoms with E-state index in [4.69, 9.17) is 0 Å². The Morgan fingerprint density at radius 3 is 2.50 bits per heavy atom. The van der Waals surface area contributed by atoms with Gasteiger partial charge in [0.2, 0.25) is 5.91 Å². The van der Waals surface area contributed by atoms with Crippen molar-refractivity contribution >= 4 is 27.7 Å². The summed E-state index contributed by atoms with van der Waals surface area (Å²) in [6, 6.07) is 7.92. The van der Waals surface area contributed by atoms with Crippen molar-refractivity contribution in [3.8, 4) is 0 Å². The second-order valence-electron chi connectivity index (χ2n) is 5.68. The largest absolute Gasteiger partial charge is 0.390 e. The van der Waals surface area contributed by atoms with Gasteiger partial charge in [0.05, 0.1) is 32.9 Å². The standard InChI is InChI=1S/C14H16BrNO2/c1-13(18)6-8-14(9-7-13)10-4-2-3-5-11(10)16(15)12(14)17/h2-5,18H,6-9H2,1H3. The Morgan fingerprint density at radius 1 is 1.22 bits per heavy atom. The number of benzene rings is 1. The van der Waals surface area contributed by atoms with Crippen molar-refractivity contribution in [1.29, 1.82) is 0 Å². The van der Waals surface area contributed by atoms with Crippen LogP contribution < -0.4 is 3.93 Å². The Kier molecular flexibility index (Phi) is 2.58. The molecule has 0 atom stereocenters. The molecule has 0 saturated heterocycles. The van der Waals surface area contributed by atoms with E-state index in [0.29, 0.717) is 12.8 Å². The van der Waals surface area contributed by atoms with Crippen LogP contribution in [0.2, 0.25) is 0 Å². The average molecular weight is 310 g/mol. The van der Waals surface area contributed by atoms with E-state index in [1.54, 1.807) is 3.93 Å². The number of halogens is 1. The molecular weight excluding hydrogens is 294 g/mol. The summed E-state index contributed by atoms with van der Waals surface area (Å²) in [6.07, 6.45) is 2.79. The quantitative estimate of drug-likeness (QED) is 0.749. The molecule has 1 saturated carbocycles. The molecule has 1 aromatic carbocycles. The first-order valence-electron chi connectivity index (χ1n) is 6.29. The molecule has 3 rings (SSSR count). The highest BCUT2D eigenvalue weighted by Gasteiger charge is 2.53. The molecule has 1 heterocycles. The number of rotatable bonds is 0. The van der Waals surface area contributed by atoms with Gasteiger partial charge in [-0.1, -0.05) is 18.2 Å². The number of amides is 1. The molecule has 96 valence electrons. The maximum absolute atomic E-state index is 12.5. The van der Waals surface area contributed by atoms with Crippen molar-refractivity contribution in [2.24, 2.45) is 0 Å². The maximum atomic E-state index is 12.5. The van der Waals surface area contributed by atoms with Gasteiger partial charge in [0.25, 0.3) is 0 Å². The second-order valence-corrected chi connectivity index (χ2v) is 6.39. The molecule has 1 N–H and O–H groups in total. The molecule has 1 aliphatic heterocycles. The molecule has 0 bridgehead atoms. The zero-order valence-electron chi connectivity index (χ0n) is 10.3. The number of para-hydroxylation sites is 1. The lowest BCUT2D eigenvalue weighted by Crippen LogP contribution is -2.44. The van der Waals surface area contributed by atoms with E-state index >= 15 is 0 Å². The van der Waals surface area contributed by atoms with Gasteiger partial charge in [-0.25, -0.2) is 3.93 Å². The predicted octanol–water partition coefficient (Wildman–Crippen LogP) is 2.91. The van der Waals surface area contributed by atoms with Gasteiger partial charge in [-0.3, -0.25) is 4.79 Å². The lowest BCUT2D eigenvalue weighted by molar-refractivity contribution is -0.125. The molecule has 1 spiro atoms. The summed E-state index contributed by atoms with van der Waals surface area (Å²) in [5.41, 5.74) is 0.995. The second kappa shape index (κ2) is 3.81. The fourth-order valence-corrected chi connectivity index (χ4v) is 3.81. The monoisotopic (exact) mass is 309 g/mol. The summed E-state index contributed by atoms with van der Waals surface area (Å²) in [6.45, 7) is 1.86. The smallest absolute Gasteiger partial charge is 0.247 e. The third-order valence-electron chi connectivity index (χ3n) is 4.40. The summed E-state index contributed by atoms with van der Waals surface area (Å²) in [7, 11) is 0. The molecule has 1 fully saturated rings. The lowest BCUT2D eigenvalue weighted by Gasteiger charge is -2.39. The van der Waals surface area contributed by atoms with Crippen molar-refractivity contribution in [1.82, 2.24) is 0 Å². The van der Waals surface area contributed by atoms with Crippen molar-refractivity contribution in [2.45, 2.75) is 43.6 Å². The van der Waals surface area contributed by atoms with E-state index < -0.39 is 11.0 Å². The first-order chi connectivity index (χ1) is 8.46. The fourth-order valence-electron chi connectivity index (χ4n) is 3.16. The Morgan fingerprint density at radius 2 is 1.83 bits per heavy atom. The van der Waals surface area contributed by atoms with Crippen molar-refractivity contribution in [3.05, 3.63) is 29.8 Å². The molecule has 18 heavy (non-hydrogen) atoms. The molecule has 1 aliphatic carbocycles. The molecular formula is C14H16BrNO2. The summed E-state index contributed by atoms with van der Waals surface area (Å²) < 4.78 is 1.59. The summed E-state index contributed by atoms with van der Waals surface area (Å²) in [4.78, 5) is 12.5. The Bertz CT molecular complexity index is 502. The van der Waals surface area contributed by atoms with Gasteiger partial charge >= 0.3 is 0 Å². The van der Waals surface area contributed by atoms with Crippen LogP contribution in [-0.2, 0) is 10.2 Å². The van der Waals surface area contributed by atoms with Crippen LogP contribution in [0.3, 0.4) is 0 Å². The number of fused-ring (bicyclic) bond motifs is 2. The number of carbonyl (C=O) groups excluding carboxylic acids is 1. The van der Waals surface area contributed by atoms with Gasteiger partial charge in [0.1, 0.15) is 0 Å². The zero-order chi connectivity index (χ0) is 13.0. The SMILES string of the molecule is CC1(O)CCC2(CC1)C(=O)N(Br)c1ccccc12. The van der Waals surface area contributed by atoms with Crippen molar-refractivity contribution < 1.29 is 9.90 Å². The minimum atomic E-state index is -0.625. The number of anilines is 1. The maximum Gasteiger partial charge on any atom is 0.247 e. The van der Waals surface area contributed by atoms with Crippen LogP contribution in [0.15, 0.2) is 24.3 Å². The van der Waals surface area contributed by atoms with E-state index in [2.05, 4.69) is 16.1 Å². The van der Waals surface area contributed by atoms with Crippen LogP contribution in [0.4, 0.5) is 5.69 Å². The zero-order valence-corrected chi connectivity index (χ0v) is 11.9. The summed E-state index contributed by atoms with van der Waals surface area (Å²) >= 11 is 3.36. The Labute approximate surface area is 115 Å². The first kappa shape index (κ1) is 12.2. The normalized spacial score (nSPS) is 35.1. The van der Waals surface area contributed by atoms with Gasteiger partial charge in [0.15, 0.2) is 0 Å². The third kappa shape index (κ3) is 1.55. The lowest BCUT2D eigenvalue weighted by atomic mass is 9.66. The van der Waals surface area contributed by atoms with Crippen molar-refractivity contribution in [2.75, 3.05) is 3.93 Å². The number of carbonyl (C=O) groups is 1. The number of hydrogen-bond acceptors (Lipinski definition) is 2. The molecule has 1 aromatic rings. The molecule has 0 radical (unpaired) electrons. The molecule has 3 nitrogen and oxygen atoms in total. The van der Waals surface area contributed by atoms with E-state index in [0.717, 1.165) is 24.1 Å². The van der Waals surface area contributed by atoms with E-state index in [-0.39, 0.29) is 5.91 Å². The van der Waals surface area contributed by atoms with Crippen LogP contribution in [-0.4, -0.2) is 16.6 Å². The molecule has 0 unspecified atom stereocenters. The van der Waals surface area contributed by atoms with Gasteiger partial charge in [0, 0.05) is 0 Å². The van der Waals surface area contributed by atoms with Gasteiger partial charge in [-0.05, 0) is 44.2 Å². The van der Waals surface area contributed by atoms with E-state index in [1.807, 2.05) is 31.2 Å². The summed E-state index contributed by atoms with van der Waals surface area (Å²) in [5, 5.41) is 10.1. The minimum Gasteiger partial charge on any atom is -0.390 e. The van der Waals surface area contributed by atoms with Crippen LogP contribution >= 0.6 is 16.1 Å². The molecule has 2 aliphatic rings. The van der Waals surface area contributed by atoms with Gasteiger partial charge < -0.3 is 5.11 Å². The van der Waals surface area contributed by atoms with Crippen LogP contribution in [0, 0.1) is 0 Å². The Hall–Kier alpha value is -0.870. The fraction of sp³-hybridized carbons (Fsp3) is 0.500. The minimum absolute atomic E-state index is 0.110. The average Bonchev–Trinajstić information content (AvgIpc) is 2.57. The van der Waals surface area contributed by atoms with Crippen molar-refractivity contribution in [3.63, 3.8) is 0 Å². The highest BCUT2D eigenvalue weighted by molar-refractivity contribution is 9.10. The van der Waals surface area contributed by atoms with Crippen LogP contribution in [0.25, 0.3) is 0 Å². The topological polar surface area (TPSA) is 40.5 Å². The third-order valence-corrected chi connectivity index (χ3v) is 5.10. The predicted molar refractivity (Wildman–Crippen MR) is 73.6 cm³/mol. The van der Waals surface area contributed by atoms with Crippen LogP contribution in [0.1, 0.15) is 38.2 Å². The molecule has 0 aromatic heterocycles. The molecule has 4 heteroatoms. The van der Waals surface area contributed by atoms with Gasteiger partial charge in [-0.15, -0.1) is 0 Å². The van der Waals surface area contributed by atoms with E-state index in [9.17, 15) is 9.90 Å². The van der Waals surface area contributed by atoms with Crippen LogP contribution in [0.5, 0.6) is 0 Å². The van der Waals surface area contributed by atoms with E-state index in [1.165, 1.54) is 0 Å². The Balaban J connectivity index is 2.06. The summed E-state index contributed by atoms with van der Waals surface area (Å²) in [5.74, 6) is 0.110. The number of aliphatic hydroxyl groups is 1. The molecule has 1 amide bonds.